The summed E-state index contributed by atoms with van der Waals surface area (Å²) in [4.78, 5) is 18.8. The Morgan fingerprint density at radius 1 is 1.10 bits per heavy atom. The topological polar surface area (TPSA) is 62.1 Å². The van der Waals surface area contributed by atoms with Gasteiger partial charge < -0.3 is 18.8 Å². The third kappa shape index (κ3) is 5.01. The zero-order chi connectivity index (χ0) is 20.8. The maximum absolute atomic E-state index is 12.6. The fraction of sp³-hybridized carbons (Fsp3) is 0.333. The van der Waals surface area contributed by atoms with Gasteiger partial charge in [0.2, 0.25) is 0 Å². The third-order valence-corrected chi connectivity index (χ3v) is 6.23. The summed E-state index contributed by atoms with van der Waals surface area (Å²) >= 11 is 3.12. The van der Waals surface area contributed by atoms with Crippen molar-refractivity contribution in [3.8, 4) is 11.5 Å². The number of ether oxygens (including phenoxy) is 3. The Hall–Kier alpha value is -2.29. The van der Waals surface area contributed by atoms with Crippen molar-refractivity contribution in [2.45, 2.75) is 17.9 Å². The van der Waals surface area contributed by atoms with Gasteiger partial charge in [0.1, 0.15) is 0 Å². The Kier molecular flexibility index (Phi) is 7.35. The van der Waals surface area contributed by atoms with Crippen LogP contribution >= 0.6 is 23.1 Å². The minimum absolute atomic E-state index is 0.182. The number of carbonyl (C=O) groups is 1. The van der Waals surface area contributed by atoms with Crippen LogP contribution in [0.2, 0.25) is 0 Å². The van der Waals surface area contributed by atoms with Crippen LogP contribution in [0.25, 0.3) is 10.2 Å². The van der Waals surface area contributed by atoms with Crippen molar-refractivity contribution in [3.05, 3.63) is 46.8 Å². The van der Waals surface area contributed by atoms with E-state index in [1.165, 1.54) is 16.2 Å². The lowest BCUT2D eigenvalue weighted by Gasteiger charge is -2.09. The number of aromatic nitrogens is 1. The highest BCUT2D eigenvalue weighted by molar-refractivity contribution is 7.98. The molecule has 3 aromatic rings. The molecule has 0 saturated heterocycles. The summed E-state index contributed by atoms with van der Waals surface area (Å²) < 4.78 is 19.0. The zero-order valence-electron chi connectivity index (χ0n) is 16.9. The molecule has 0 aliphatic rings. The van der Waals surface area contributed by atoms with Crippen molar-refractivity contribution in [2.75, 3.05) is 34.2 Å². The summed E-state index contributed by atoms with van der Waals surface area (Å²) in [7, 11) is 4.86. The molecule has 0 atom stereocenters. The van der Waals surface area contributed by atoms with Crippen molar-refractivity contribution in [1.82, 2.24) is 4.57 Å². The molecule has 0 N–H and O–H groups in total. The number of hydrogen-bond donors (Lipinski definition) is 0. The number of methoxy groups -OCH3 is 3. The number of thioether (sulfide) groups is 1. The molecule has 154 valence electrons. The largest absolute Gasteiger partial charge is 0.493 e. The molecule has 0 fully saturated rings. The van der Waals surface area contributed by atoms with E-state index in [0.29, 0.717) is 29.5 Å². The molecule has 1 heterocycles. The van der Waals surface area contributed by atoms with E-state index in [-0.39, 0.29) is 12.3 Å². The van der Waals surface area contributed by atoms with Crippen LogP contribution in [0, 0.1) is 0 Å². The Morgan fingerprint density at radius 3 is 2.41 bits per heavy atom. The first-order valence-electron chi connectivity index (χ1n) is 9.04. The lowest BCUT2D eigenvalue weighted by molar-refractivity contribution is -0.117. The maximum atomic E-state index is 12.6. The van der Waals surface area contributed by atoms with E-state index in [1.54, 1.807) is 33.1 Å². The molecule has 0 unspecified atom stereocenters. The molecule has 0 aliphatic carbocycles. The van der Waals surface area contributed by atoms with Gasteiger partial charge in [0, 0.05) is 30.7 Å². The van der Waals surface area contributed by atoms with E-state index >= 15 is 0 Å². The van der Waals surface area contributed by atoms with Crippen molar-refractivity contribution in [1.29, 1.82) is 0 Å². The fourth-order valence-corrected chi connectivity index (χ4v) is 4.44. The lowest BCUT2D eigenvalue weighted by Crippen LogP contribution is -2.19. The standard InChI is InChI=1S/C21H24N2O4S2/c1-25-10-9-23-16-12-17(26-2)18(27-3)13-19(16)29-21(23)22-20(24)11-14-5-7-15(28-4)8-6-14/h5-8,12-13H,9-11H2,1-4H3. The molecule has 1 aromatic heterocycles. The average molecular weight is 433 g/mol. The van der Waals surface area contributed by atoms with Crippen LogP contribution in [0.3, 0.4) is 0 Å². The van der Waals surface area contributed by atoms with Crippen LogP contribution in [0.5, 0.6) is 11.5 Å². The van der Waals surface area contributed by atoms with Crippen LogP contribution in [-0.4, -0.2) is 44.7 Å². The Bertz CT molecular complexity index is 1050. The summed E-state index contributed by atoms with van der Waals surface area (Å²) in [5.74, 6) is 1.10. The van der Waals surface area contributed by atoms with Crippen LogP contribution in [0.1, 0.15) is 5.56 Å². The van der Waals surface area contributed by atoms with Crippen molar-refractivity contribution in [3.63, 3.8) is 0 Å². The van der Waals surface area contributed by atoms with Gasteiger partial charge in [-0.25, -0.2) is 0 Å². The van der Waals surface area contributed by atoms with Crippen LogP contribution in [0.15, 0.2) is 46.3 Å². The summed E-state index contributed by atoms with van der Waals surface area (Å²) in [6.07, 6.45) is 2.29. The van der Waals surface area contributed by atoms with Gasteiger partial charge in [0.15, 0.2) is 16.3 Å². The van der Waals surface area contributed by atoms with E-state index in [9.17, 15) is 4.79 Å². The molecule has 0 aliphatic heterocycles. The number of amides is 1. The third-order valence-electron chi connectivity index (χ3n) is 4.44. The number of rotatable bonds is 8. The highest BCUT2D eigenvalue weighted by Crippen LogP contribution is 2.33. The van der Waals surface area contributed by atoms with Gasteiger partial charge in [-0.2, -0.15) is 4.99 Å². The second kappa shape index (κ2) is 9.96. The summed E-state index contributed by atoms with van der Waals surface area (Å²) in [5, 5.41) is 0. The van der Waals surface area contributed by atoms with Gasteiger partial charge in [-0.05, 0) is 24.0 Å². The van der Waals surface area contributed by atoms with Crippen LogP contribution < -0.4 is 14.3 Å². The number of fused-ring (bicyclic) bond motifs is 1. The van der Waals surface area contributed by atoms with Gasteiger partial charge in [0.25, 0.3) is 5.91 Å². The van der Waals surface area contributed by atoms with E-state index in [4.69, 9.17) is 14.2 Å². The van der Waals surface area contributed by atoms with Crippen molar-refractivity contribution < 1.29 is 19.0 Å². The SMILES string of the molecule is COCCn1c(=NC(=O)Cc2ccc(SC)cc2)sc2cc(OC)c(OC)cc21. The molecule has 6 nitrogen and oxygen atoms in total. The minimum Gasteiger partial charge on any atom is -0.493 e. The fourth-order valence-electron chi connectivity index (χ4n) is 2.94. The molecule has 0 spiro atoms. The smallest absolute Gasteiger partial charge is 0.252 e. The normalized spacial score (nSPS) is 11.8. The zero-order valence-corrected chi connectivity index (χ0v) is 18.6. The highest BCUT2D eigenvalue weighted by atomic mass is 32.2. The Balaban J connectivity index is 1.99. The minimum atomic E-state index is -0.182. The predicted octanol–water partition coefficient (Wildman–Crippen LogP) is 3.76. The number of carbonyl (C=O) groups excluding carboxylic acids is 1. The number of hydrogen-bond acceptors (Lipinski definition) is 6. The first-order valence-corrected chi connectivity index (χ1v) is 11.1. The molecular weight excluding hydrogens is 408 g/mol. The van der Waals surface area contributed by atoms with E-state index < -0.39 is 0 Å². The molecule has 8 heteroatoms. The number of nitrogens with zero attached hydrogens (tertiary/aromatic N) is 2. The van der Waals surface area contributed by atoms with Crippen LogP contribution in [0.4, 0.5) is 0 Å². The predicted molar refractivity (Wildman–Crippen MR) is 117 cm³/mol. The van der Waals surface area contributed by atoms with Gasteiger partial charge in [0.05, 0.1) is 37.5 Å². The Labute approximate surface area is 178 Å². The van der Waals surface area contributed by atoms with Crippen LogP contribution in [-0.2, 0) is 22.5 Å². The van der Waals surface area contributed by atoms with E-state index in [1.807, 2.05) is 47.2 Å². The summed E-state index contributed by atoms with van der Waals surface area (Å²) in [6.45, 7) is 1.10. The highest BCUT2D eigenvalue weighted by Gasteiger charge is 2.13. The Morgan fingerprint density at radius 2 is 1.79 bits per heavy atom. The maximum Gasteiger partial charge on any atom is 0.252 e. The molecule has 0 radical (unpaired) electrons. The molecule has 0 saturated carbocycles. The summed E-state index contributed by atoms with van der Waals surface area (Å²) in [5.41, 5.74) is 1.88. The molecule has 1 amide bonds. The molecule has 0 bridgehead atoms. The second-order valence-electron chi connectivity index (χ2n) is 6.23. The second-order valence-corrected chi connectivity index (χ2v) is 8.12. The first-order chi connectivity index (χ1) is 14.1. The molecule has 29 heavy (non-hydrogen) atoms. The number of benzene rings is 2. The molecule has 2 aromatic carbocycles. The average Bonchev–Trinajstić information content (AvgIpc) is 3.07. The molecular formula is C21H24N2O4S2. The van der Waals surface area contributed by atoms with Gasteiger partial charge in [-0.1, -0.05) is 23.5 Å². The quantitative estimate of drug-likeness (QED) is 0.507. The lowest BCUT2D eigenvalue weighted by atomic mass is 10.1. The van der Waals surface area contributed by atoms with Crippen molar-refractivity contribution >= 4 is 39.2 Å². The van der Waals surface area contributed by atoms with Gasteiger partial charge in [-0.3, -0.25) is 4.79 Å². The first kappa shape index (κ1) is 21.4. The van der Waals surface area contributed by atoms with E-state index in [2.05, 4.69) is 4.99 Å². The van der Waals surface area contributed by atoms with E-state index in [0.717, 1.165) is 15.8 Å². The van der Waals surface area contributed by atoms with Gasteiger partial charge in [-0.15, -0.1) is 11.8 Å². The summed E-state index contributed by atoms with van der Waals surface area (Å²) in [6, 6.07) is 11.8. The molecule has 3 rings (SSSR count). The van der Waals surface area contributed by atoms with Crippen molar-refractivity contribution in [2.24, 2.45) is 4.99 Å². The van der Waals surface area contributed by atoms with Gasteiger partial charge >= 0.3 is 0 Å². The number of thiazole rings is 1. The monoisotopic (exact) mass is 432 g/mol.